The number of fused-ring (bicyclic) bond motifs is 7. The number of nitrogens with zero attached hydrogens (tertiary/aromatic N) is 8. The van der Waals surface area contributed by atoms with Crippen LogP contribution in [0.1, 0.15) is 5.56 Å². The zero-order valence-electron chi connectivity index (χ0n) is 24.3. The van der Waals surface area contributed by atoms with Crippen LogP contribution in [0.25, 0.3) is 91.1 Å². The Labute approximate surface area is 273 Å². The van der Waals surface area contributed by atoms with Gasteiger partial charge in [0.1, 0.15) is 10.0 Å². The average Bonchev–Trinajstić information content (AvgIpc) is 3.82. The molecule has 0 spiro atoms. The predicted molar refractivity (Wildman–Crippen MR) is 189 cm³/mol. The van der Waals surface area contributed by atoms with E-state index in [-0.39, 0.29) is 0 Å². The molecule has 0 saturated heterocycles. The molecule has 0 aliphatic carbocycles. The van der Waals surface area contributed by atoms with Gasteiger partial charge >= 0.3 is 0 Å². The summed E-state index contributed by atoms with van der Waals surface area (Å²) in [6.45, 7) is 0. The monoisotopic (exact) mass is 638 g/mol. The minimum Gasteiger partial charge on any atom is -0.309 e. The van der Waals surface area contributed by atoms with Gasteiger partial charge in [0.25, 0.3) is 0 Å². The highest BCUT2D eigenvalue weighted by Gasteiger charge is 2.18. The fourth-order valence-corrected chi connectivity index (χ4v) is 8.23. The summed E-state index contributed by atoms with van der Waals surface area (Å²) in [5.41, 5.74) is 11.0. The van der Waals surface area contributed by atoms with Crippen molar-refractivity contribution in [2.45, 2.75) is 0 Å². The van der Waals surface area contributed by atoms with Crippen molar-refractivity contribution in [3.63, 3.8) is 0 Å². The van der Waals surface area contributed by atoms with Gasteiger partial charge in [0, 0.05) is 52.4 Å². The number of aromatic nitrogens is 7. The Bertz CT molecular complexity index is 2660. The fraction of sp³-hybridized carbons (Fsp3) is 0. The first kappa shape index (κ1) is 26.1. The van der Waals surface area contributed by atoms with Crippen LogP contribution in [0, 0.1) is 11.3 Å². The number of benzene rings is 5. The van der Waals surface area contributed by atoms with E-state index in [1.54, 1.807) is 47.5 Å². The van der Waals surface area contributed by atoms with Crippen molar-refractivity contribution in [3.8, 4) is 32.9 Å². The number of hydrogen-bond donors (Lipinski definition) is 0. The van der Waals surface area contributed by atoms with E-state index >= 15 is 0 Å². The molecule has 0 aliphatic heterocycles. The quantitative estimate of drug-likeness (QED) is 0.190. The summed E-state index contributed by atoms with van der Waals surface area (Å²) < 4.78 is 4.40. The summed E-state index contributed by atoms with van der Waals surface area (Å²) in [6, 6.07) is 31.2. The Morgan fingerprint density at radius 2 is 0.979 bits per heavy atom. The zero-order chi connectivity index (χ0) is 31.1. The first-order chi connectivity index (χ1) is 23.2. The Kier molecular flexibility index (Phi) is 5.51. The Hall–Kier alpha value is -6.15. The molecule has 5 heterocycles. The molecule has 0 N–H and O–H groups in total. The van der Waals surface area contributed by atoms with Gasteiger partial charge in [-0.15, -0.1) is 22.7 Å². The van der Waals surface area contributed by atoms with Crippen LogP contribution < -0.4 is 0 Å². The zero-order valence-corrected chi connectivity index (χ0v) is 25.9. The first-order valence-electron chi connectivity index (χ1n) is 14.8. The molecule has 5 aromatic carbocycles. The average molecular weight is 639 g/mol. The molecule has 0 atom stereocenters. The van der Waals surface area contributed by atoms with E-state index in [1.165, 1.54) is 0 Å². The highest BCUT2D eigenvalue weighted by atomic mass is 32.1. The van der Waals surface area contributed by atoms with Crippen LogP contribution in [-0.2, 0) is 0 Å². The highest BCUT2D eigenvalue weighted by Crippen LogP contribution is 2.40. The van der Waals surface area contributed by atoms with Gasteiger partial charge in [0.2, 0.25) is 0 Å². The lowest BCUT2D eigenvalue weighted by molar-refractivity contribution is 1.18. The molecule has 0 amide bonds. The molecule has 0 bridgehead atoms. The second kappa shape index (κ2) is 9.92. The van der Waals surface area contributed by atoms with E-state index in [0.29, 0.717) is 5.56 Å². The smallest absolute Gasteiger partial charge is 0.124 e. The summed E-state index contributed by atoms with van der Waals surface area (Å²) in [5, 5.41) is 13.5. The van der Waals surface area contributed by atoms with Gasteiger partial charge in [0.05, 0.1) is 65.2 Å². The maximum atomic E-state index is 9.41. The minimum absolute atomic E-state index is 0.627. The molecule has 8 nitrogen and oxygen atoms in total. The summed E-state index contributed by atoms with van der Waals surface area (Å²) in [5.74, 6) is 0. The van der Waals surface area contributed by atoms with Gasteiger partial charge in [-0.2, -0.15) is 5.26 Å². The highest BCUT2D eigenvalue weighted by molar-refractivity contribution is 7.22. The molecule has 0 saturated carbocycles. The van der Waals surface area contributed by atoms with Crippen LogP contribution in [0.2, 0.25) is 0 Å². The van der Waals surface area contributed by atoms with Gasteiger partial charge in [0.15, 0.2) is 0 Å². The van der Waals surface area contributed by atoms with Crippen LogP contribution in [0.15, 0.2) is 110 Å². The van der Waals surface area contributed by atoms with Gasteiger partial charge in [-0.25, -0.2) is 9.97 Å². The van der Waals surface area contributed by atoms with E-state index < -0.39 is 0 Å². The van der Waals surface area contributed by atoms with Crippen LogP contribution in [0.4, 0.5) is 0 Å². The summed E-state index contributed by atoms with van der Waals surface area (Å²) in [6.07, 6.45) is 6.84. The van der Waals surface area contributed by atoms with Crippen LogP contribution in [0.5, 0.6) is 0 Å². The third-order valence-electron chi connectivity index (χ3n) is 8.47. The minimum atomic E-state index is 0.627. The van der Waals surface area contributed by atoms with Crippen molar-refractivity contribution in [2.75, 3.05) is 0 Å². The maximum absolute atomic E-state index is 9.41. The van der Waals surface area contributed by atoms with Gasteiger partial charge in [-0.3, -0.25) is 19.9 Å². The predicted octanol–water partition coefficient (Wildman–Crippen LogP) is 9.10. The fourth-order valence-electron chi connectivity index (χ4n) is 6.27. The molecular weight excluding hydrogens is 621 g/mol. The molecule has 0 aliphatic rings. The molecule has 10 aromatic rings. The Balaban J connectivity index is 1.18. The Morgan fingerprint density at radius 1 is 0.511 bits per heavy atom. The lowest BCUT2D eigenvalue weighted by Gasteiger charge is -2.08. The largest absolute Gasteiger partial charge is 0.309 e. The van der Waals surface area contributed by atoms with Crippen molar-refractivity contribution in [2.24, 2.45) is 0 Å². The van der Waals surface area contributed by atoms with E-state index in [0.717, 1.165) is 91.1 Å². The molecule has 0 fully saturated rings. The van der Waals surface area contributed by atoms with Crippen molar-refractivity contribution in [1.29, 1.82) is 5.26 Å². The van der Waals surface area contributed by atoms with Crippen molar-refractivity contribution >= 4 is 87.0 Å². The molecule has 10 rings (SSSR count). The van der Waals surface area contributed by atoms with Gasteiger partial charge < -0.3 is 4.57 Å². The summed E-state index contributed by atoms with van der Waals surface area (Å²) >= 11 is 3.31. The topological polar surface area (TPSA) is 106 Å². The molecule has 5 aromatic heterocycles. The second-order valence-electron chi connectivity index (χ2n) is 11.2. The number of nitriles is 1. The lowest BCUT2D eigenvalue weighted by atomic mass is 10.1. The molecule has 0 radical (unpaired) electrons. The lowest BCUT2D eigenvalue weighted by Crippen LogP contribution is -1.93. The molecular formula is C37H18N8S2. The van der Waals surface area contributed by atoms with E-state index in [4.69, 9.17) is 9.97 Å². The third kappa shape index (κ3) is 4.11. The first-order valence-corrected chi connectivity index (χ1v) is 16.4. The maximum Gasteiger partial charge on any atom is 0.124 e. The number of rotatable bonds is 3. The van der Waals surface area contributed by atoms with Crippen LogP contribution >= 0.6 is 22.7 Å². The summed E-state index contributed by atoms with van der Waals surface area (Å²) in [7, 11) is 0. The molecule has 47 heavy (non-hydrogen) atoms. The molecule has 10 heteroatoms. The van der Waals surface area contributed by atoms with Crippen molar-refractivity contribution in [3.05, 3.63) is 115 Å². The van der Waals surface area contributed by atoms with E-state index in [1.807, 2.05) is 36.4 Å². The molecule has 218 valence electrons. The standard InChI is InChI=1S/C37H18N8S2/c38-19-20-1-5-23(6-2-20)45-32-7-3-21(36-43-30-15-26-28(17-34(30)46-36)41-11-9-39-26)13-24(32)25-14-22(4-8-33(25)45)37-44-31-16-27-29(18-35(31)47-37)42-12-10-40-27/h1-18H. The summed E-state index contributed by atoms with van der Waals surface area (Å²) in [4.78, 5) is 27.9. The van der Waals surface area contributed by atoms with Gasteiger partial charge in [-0.1, -0.05) is 0 Å². The van der Waals surface area contributed by atoms with Crippen molar-refractivity contribution < 1.29 is 0 Å². The normalized spacial score (nSPS) is 11.8. The van der Waals surface area contributed by atoms with Gasteiger partial charge in [-0.05, 0) is 84.9 Å². The Morgan fingerprint density at radius 3 is 1.45 bits per heavy atom. The number of hydrogen-bond acceptors (Lipinski definition) is 9. The second-order valence-corrected chi connectivity index (χ2v) is 13.3. The van der Waals surface area contributed by atoms with E-state index in [9.17, 15) is 5.26 Å². The molecule has 0 unspecified atom stereocenters. The van der Waals surface area contributed by atoms with Crippen molar-refractivity contribution in [1.82, 2.24) is 34.5 Å². The SMILES string of the molecule is N#Cc1ccc(-n2c3ccc(-c4nc5cc6nccnc6cc5s4)cc3c3cc(-c4nc5cc6nccnc6cc5s4)ccc32)cc1. The number of thiazole rings is 2. The van der Waals surface area contributed by atoms with Crippen LogP contribution in [0.3, 0.4) is 0 Å². The third-order valence-corrected chi connectivity index (χ3v) is 10.6. The van der Waals surface area contributed by atoms with Crippen LogP contribution in [-0.4, -0.2) is 34.5 Å². The van der Waals surface area contributed by atoms with E-state index in [2.05, 4.69) is 79.1 Å².